The third-order valence-corrected chi connectivity index (χ3v) is 6.60. The quantitative estimate of drug-likeness (QED) is 0.516. The van der Waals surface area contributed by atoms with Crippen molar-refractivity contribution < 1.29 is 26.4 Å². The van der Waals surface area contributed by atoms with Crippen LogP contribution in [0.15, 0.2) is 69.7 Å². The summed E-state index contributed by atoms with van der Waals surface area (Å²) < 4.78 is 66.2. The molecule has 3 rings (SSSR count). The average Bonchev–Trinajstić information content (AvgIpc) is 2.74. The third kappa shape index (κ3) is 5.69. The minimum atomic E-state index is -4.80. The second kappa shape index (κ2) is 9.35. The van der Waals surface area contributed by atoms with Gasteiger partial charge in [-0.25, -0.2) is 13.4 Å². The van der Waals surface area contributed by atoms with Crippen molar-refractivity contribution in [3.05, 3.63) is 71.1 Å². The molecule has 2 N–H and O–H groups in total. The van der Waals surface area contributed by atoms with Gasteiger partial charge in [0.05, 0.1) is 27.4 Å². The minimum Gasteiger partial charge on any atom is -0.354 e. The van der Waals surface area contributed by atoms with Gasteiger partial charge in [-0.15, -0.1) is 0 Å². The number of aromatic nitrogens is 2. The van der Waals surface area contributed by atoms with Crippen LogP contribution in [0.5, 0.6) is 0 Å². The molecule has 2 aromatic heterocycles. The lowest BCUT2D eigenvalue weighted by Crippen LogP contribution is -2.18. The Morgan fingerprint density at radius 1 is 1.09 bits per heavy atom. The van der Waals surface area contributed by atoms with Gasteiger partial charge < -0.3 is 5.32 Å². The highest BCUT2D eigenvalue weighted by atomic mass is 35.5. The summed E-state index contributed by atoms with van der Waals surface area (Å²) in [6.07, 6.45) is -2.11. The second-order valence-electron chi connectivity index (χ2n) is 6.19. The van der Waals surface area contributed by atoms with Crippen LogP contribution in [0.25, 0.3) is 0 Å². The van der Waals surface area contributed by atoms with Crippen molar-refractivity contribution in [2.24, 2.45) is 0 Å². The number of carbonyl (C=O) groups excluding carboxylic acids is 1. The highest BCUT2D eigenvalue weighted by molar-refractivity contribution is 7.99. The number of carbonyl (C=O) groups is 1. The normalized spacial score (nSPS) is 11.8. The molecule has 0 fully saturated rings. The van der Waals surface area contributed by atoms with Gasteiger partial charge in [-0.1, -0.05) is 23.4 Å². The SMILES string of the molecule is CNC(=O)c1cc(Sc2ccc(NS(=O)(=O)c3ccc(Cl)c(C(F)(F)F)c3)cn2)ccn1. The van der Waals surface area contributed by atoms with Gasteiger partial charge in [0.1, 0.15) is 10.7 Å². The fourth-order valence-electron chi connectivity index (χ4n) is 2.45. The number of nitrogens with one attached hydrogen (secondary N) is 2. The van der Waals surface area contributed by atoms with Crippen molar-refractivity contribution in [1.29, 1.82) is 0 Å². The maximum Gasteiger partial charge on any atom is 0.417 e. The largest absolute Gasteiger partial charge is 0.417 e. The van der Waals surface area contributed by atoms with E-state index < -0.39 is 31.7 Å². The summed E-state index contributed by atoms with van der Waals surface area (Å²) in [6, 6.07) is 8.49. The number of sulfonamides is 1. The number of halogens is 4. The Morgan fingerprint density at radius 2 is 1.84 bits per heavy atom. The Bertz CT molecular complexity index is 1250. The lowest BCUT2D eigenvalue weighted by atomic mass is 10.2. The van der Waals surface area contributed by atoms with Gasteiger partial charge in [-0.3, -0.25) is 14.5 Å². The van der Waals surface area contributed by atoms with Crippen LogP contribution in [0.2, 0.25) is 5.02 Å². The summed E-state index contributed by atoms with van der Waals surface area (Å²) in [5.41, 5.74) is -0.970. The highest BCUT2D eigenvalue weighted by Crippen LogP contribution is 2.36. The number of anilines is 1. The Hall–Kier alpha value is -2.83. The van der Waals surface area contributed by atoms with Crippen molar-refractivity contribution in [3.8, 4) is 0 Å². The molecule has 0 aliphatic rings. The number of hydrogen-bond acceptors (Lipinski definition) is 6. The van der Waals surface area contributed by atoms with Crippen molar-refractivity contribution in [2.45, 2.75) is 21.0 Å². The van der Waals surface area contributed by atoms with Crippen LogP contribution in [0.1, 0.15) is 16.1 Å². The standard InChI is InChI=1S/C19H14ClF3N4O3S2/c1-24-18(28)16-8-12(6-7-25-16)31-17-5-2-11(10-26-17)27-32(29,30)13-3-4-15(20)14(9-13)19(21,22)23/h2-10,27H,1H3,(H,24,28). The van der Waals surface area contributed by atoms with Crippen molar-refractivity contribution in [1.82, 2.24) is 15.3 Å². The van der Waals surface area contributed by atoms with Crippen LogP contribution >= 0.6 is 23.4 Å². The van der Waals surface area contributed by atoms with Gasteiger partial charge in [0.2, 0.25) is 0 Å². The lowest BCUT2D eigenvalue weighted by molar-refractivity contribution is -0.137. The van der Waals surface area contributed by atoms with Gasteiger partial charge in [0.15, 0.2) is 0 Å². The fraction of sp³-hybridized carbons (Fsp3) is 0.105. The fourth-order valence-corrected chi connectivity index (χ4v) is 4.53. The molecule has 1 aromatic carbocycles. The zero-order chi connectivity index (χ0) is 23.5. The Kier molecular flexibility index (Phi) is 6.96. The summed E-state index contributed by atoms with van der Waals surface area (Å²) in [7, 11) is -2.83. The number of nitrogens with zero attached hydrogens (tertiary/aromatic N) is 2. The van der Waals surface area contributed by atoms with Gasteiger partial charge in [-0.2, -0.15) is 13.2 Å². The topological polar surface area (TPSA) is 101 Å². The van der Waals surface area contributed by atoms with E-state index in [1.807, 2.05) is 0 Å². The number of alkyl halides is 3. The molecular formula is C19H14ClF3N4O3S2. The Labute approximate surface area is 190 Å². The summed E-state index contributed by atoms with van der Waals surface area (Å²) >= 11 is 6.75. The molecule has 0 radical (unpaired) electrons. The summed E-state index contributed by atoms with van der Waals surface area (Å²) in [5, 5.41) is 2.36. The van der Waals surface area contributed by atoms with Crippen LogP contribution in [-0.4, -0.2) is 31.3 Å². The van der Waals surface area contributed by atoms with E-state index in [2.05, 4.69) is 20.0 Å². The first-order chi connectivity index (χ1) is 15.0. The first-order valence-corrected chi connectivity index (χ1v) is 11.4. The highest BCUT2D eigenvalue weighted by Gasteiger charge is 2.34. The monoisotopic (exact) mass is 502 g/mol. The molecule has 0 atom stereocenters. The summed E-state index contributed by atoms with van der Waals surface area (Å²) in [4.78, 5) is 19.9. The average molecular weight is 503 g/mol. The zero-order valence-corrected chi connectivity index (χ0v) is 18.5. The van der Waals surface area contributed by atoms with E-state index >= 15 is 0 Å². The van der Waals surface area contributed by atoms with E-state index in [4.69, 9.17) is 11.6 Å². The smallest absolute Gasteiger partial charge is 0.354 e. The molecule has 3 aromatic rings. The number of hydrogen-bond donors (Lipinski definition) is 2. The maximum absolute atomic E-state index is 13.0. The molecule has 1 amide bonds. The molecular weight excluding hydrogens is 489 g/mol. The molecule has 0 aliphatic carbocycles. The molecule has 168 valence electrons. The Morgan fingerprint density at radius 3 is 2.47 bits per heavy atom. The van der Waals surface area contributed by atoms with Gasteiger partial charge in [-0.05, 0) is 42.5 Å². The van der Waals surface area contributed by atoms with Crippen LogP contribution in [0.4, 0.5) is 18.9 Å². The van der Waals surface area contributed by atoms with E-state index in [1.165, 1.54) is 43.3 Å². The van der Waals surface area contributed by atoms with E-state index in [9.17, 15) is 26.4 Å². The van der Waals surface area contributed by atoms with Crippen molar-refractivity contribution in [2.75, 3.05) is 11.8 Å². The number of pyridine rings is 2. The molecule has 0 spiro atoms. The maximum atomic E-state index is 13.0. The molecule has 7 nitrogen and oxygen atoms in total. The van der Waals surface area contributed by atoms with E-state index in [0.29, 0.717) is 16.0 Å². The van der Waals surface area contributed by atoms with E-state index in [1.54, 1.807) is 12.1 Å². The van der Waals surface area contributed by atoms with Crippen LogP contribution in [0, 0.1) is 0 Å². The van der Waals surface area contributed by atoms with Crippen LogP contribution in [0.3, 0.4) is 0 Å². The van der Waals surface area contributed by atoms with Crippen molar-refractivity contribution >= 4 is 45.0 Å². The van der Waals surface area contributed by atoms with Gasteiger partial charge in [0.25, 0.3) is 15.9 Å². The number of rotatable bonds is 6. The van der Waals surface area contributed by atoms with Crippen LogP contribution < -0.4 is 10.0 Å². The molecule has 2 heterocycles. The zero-order valence-electron chi connectivity index (χ0n) is 16.1. The lowest BCUT2D eigenvalue weighted by Gasteiger charge is -2.12. The van der Waals surface area contributed by atoms with Crippen LogP contribution in [-0.2, 0) is 16.2 Å². The molecule has 0 saturated carbocycles. The molecule has 13 heteroatoms. The first kappa shape index (κ1) is 23.8. The number of amides is 1. The predicted molar refractivity (Wildman–Crippen MR) is 113 cm³/mol. The molecule has 0 saturated heterocycles. The van der Waals surface area contributed by atoms with Gasteiger partial charge >= 0.3 is 6.18 Å². The van der Waals surface area contributed by atoms with E-state index in [0.717, 1.165) is 12.1 Å². The second-order valence-corrected chi connectivity index (χ2v) is 9.37. The molecule has 0 aliphatic heterocycles. The molecule has 0 bridgehead atoms. The minimum absolute atomic E-state index is 0.0543. The van der Waals surface area contributed by atoms with Crippen molar-refractivity contribution in [3.63, 3.8) is 0 Å². The number of benzene rings is 1. The summed E-state index contributed by atoms with van der Waals surface area (Å²) in [5.74, 6) is -0.346. The van der Waals surface area contributed by atoms with Gasteiger partial charge in [0, 0.05) is 18.1 Å². The molecule has 32 heavy (non-hydrogen) atoms. The molecule has 0 unspecified atom stereocenters. The predicted octanol–water partition coefficient (Wildman–Crippen LogP) is 4.46. The third-order valence-electron chi connectivity index (χ3n) is 3.96. The van der Waals surface area contributed by atoms with E-state index in [-0.39, 0.29) is 17.3 Å². The Balaban J connectivity index is 1.77. The summed E-state index contributed by atoms with van der Waals surface area (Å²) in [6.45, 7) is 0. The first-order valence-electron chi connectivity index (χ1n) is 8.71.